The van der Waals surface area contributed by atoms with Crippen LogP contribution < -0.4 is 10.1 Å². The van der Waals surface area contributed by atoms with Crippen molar-refractivity contribution in [3.05, 3.63) is 40.8 Å². The van der Waals surface area contributed by atoms with Gasteiger partial charge in [0.25, 0.3) is 11.1 Å². The predicted molar refractivity (Wildman–Crippen MR) is 95.0 cm³/mol. The number of rotatable bonds is 4. The summed E-state index contributed by atoms with van der Waals surface area (Å²) in [6, 6.07) is 7.68. The number of benzene rings is 1. The maximum Gasteiger partial charge on any atom is 0.290 e. The van der Waals surface area contributed by atoms with E-state index in [1.54, 1.807) is 4.90 Å². The number of ether oxygens (including phenoxy) is 1. The number of amides is 3. The molecule has 2 aliphatic heterocycles. The van der Waals surface area contributed by atoms with E-state index in [-0.39, 0.29) is 16.9 Å². The van der Waals surface area contributed by atoms with E-state index in [1.165, 1.54) is 6.08 Å². The quantitative estimate of drug-likeness (QED) is 0.836. The van der Waals surface area contributed by atoms with Crippen molar-refractivity contribution in [2.75, 3.05) is 6.54 Å². The Morgan fingerprint density at radius 2 is 2.20 bits per heavy atom. The first-order chi connectivity index (χ1) is 12.1. The number of thioether (sulfide) groups is 1. The minimum atomic E-state index is -0.516. The average molecular weight is 360 g/mol. The summed E-state index contributed by atoms with van der Waals surface area (Å²) >= 11 is 0.754. The maximum absolute atomic E-state index is 12.7. The van der Waals surface area contributed by atoms with Gasteiger partial charge in [0.05, 0.1) is 11.4 Å². The number of carbonyl (C=O) groups is 3. The Morgan fingerprint density at radius 3 is 2.92 bits per heavy atom. The largest absolute Gasteiger partial charge is 0.488 e. The molecule has 25 heavy (non-hydrogen) atoms. The van der Waals surface area contributed by atoms with Crippen LogP contribution in [-0.4, -0.2) is 34.6 Å². The van der Waals surface area contributed by atoms with Crippen molar-refractivity contribution < 1.29 is 19.1 Å². The van der Waals surface area contributed by atoms with Crippen LogP contribution in [0, 0.1) is 0 Å². The Kier molecular flexibility index (Phi) is 5.43. The van der Waals surface area contributed by atoms with Crippen molar-refractivity contribution in [3.63, 3.8) is 0 Å². The van der Waals surface area contributed by atoms with Gasteiger partial charge in [0.15, 0.2) is 0 Å². The van der Waals surface area contributed by atoms with Gasteiger partial charge in [-0.15, -0.1) is 0 Å². The van der Waals surface area contributed by atoms with Gasteiger partial charge in [0, 0.05) is 18.2 Å². The van der Waals surface area contributed by atoms with Gasteiger partial charge in [0.2, 0.25) is 5.91 Å². The number of hydrogen-bond donors (Lipinski definition) is 1. The lowest BCUT2D eigenvalue weighted by molar-refractivity contribution is -0.127. The molecule has 0 aliphatic carbocycles. The first kappa shape index (κ1) is 17.5. The molecule has 0 unspecified atom stereocenters. The number of imide groups is 1. The summed E-state index contributed by atoms with van der Waals surface area (Å²) in [6.07, 6.45) is 4.09. The first-order valence-electron chi connectivity index (χ1n) is 8.35. The van der Waals surface area contributed by atoms with Gasteiger partial charge in [-0.1, -0.05) is 31.5 Å². The minimum absolute atomic E-state index is 0.0855. The summed E-state index contributed by atoms with van der Waals surface area (Å²) in [5.74, 6) is 0.00113. The summed E-state index contributed by atoms with van der Waals surface area (Å²) in [6.45, 7) is 2.99. The zero-order valence-corrected chi connectivity index (χ0v) is 14.8. The summed E-state index contributed by atoms with van der Waals surface area (Å²) in [7, 11) is 0. The van der Waals surface area contributed by atoms with Crippen LogP contribution in [0.1, 0.15) is 31.7 Å². The van der Waals surface area contributed by atoms with Gasteiger partial charge in [-0.2, -0.15) is 0 Å². The Bertz CT molecular complexity index is 732. The number of para-hydroxylation sites is 1. The van der Waals surface area contributed by atoms with Crippen molar-refractivity contribution in [3.8, 4) is 5.75 Å². The van der Waals surface area contributed by atoms with E-state index in [9.17, 15) is 14.4 Å². The lowest BCUT2D eigenvalue weighted by atomic mass is 10.1. The number of nitrogens with zero attached hydrogens (tertiary/aromatic N) is 1. The van der Waals surface area contributed by atoms with Crippen LogP contribution in [0.15, 0.2) is 35.2 Å². The van der Waals surface area contributed by atoms with Crippen LogP contribution in [0.4, 0.5) is 4.79 Å². The number of fused-ring (bicyclic) bond motifs is 1. The third kappa shape index (κ3) is 4.22. The van der Waals surface area contributed by atoms with Crippen molar-refractivity contribution >= 4 is 28.8 Å². The molecule has 1 N–H and O–H groups in total. The van der Waals surface area contributed by atoms with E-state index < -0.39 is 11.1 Å². The number of carbonyl (C=O) groups excluding carboxylic acids is 3. The van der Waals surface area contributed by atoms with Crippen LogP contribution >= 0.6 is 11.8 Å². The van der Waals surface area contributed by atoms with E-state index in [2.05, 4.69) is 12.2 Å². The highest BCUT2D eigenvalue weighted by Gasteiger charge is 2.29. The van der Waals surface area contributed by atoms with Crippen molar-refractivity contribution in [2.24, 2.45) is 0 Å². The van der Waals surface area contributed by atoms with E-state index in [0.29, 0.717) is 13.1 Å². The molecule has 1 saturated heterocycles. The molecule has 3 amide bonds. The Labute approximate surface area is 150 Å². The molecule has 1 aromatic carbocycles. The fraction of sp³-hybridized carbons (Fsp3) is 0.389. The molecular formula is C18H20N2O4S. The molecule has 2 heterocycles. The molecule has 0 spiro atoms. The van der Waals surface area contributed by atoms with Crippen molar-refractivity contribution in [1.29, 1.82) is 0 Å². The van der Waals surface area contributed by atoms with Gasteiger partial charge in [-0.3, -0.25) is 19.7 Å². The summed E-state index contributed by atoms with van der Waals surface area (Å²) in [5, 5.41) is 1.71. The van der Waals surface area contributed by atoms with Crippen LogP contribution in [0.5, 0.6) is 5.75 Å². The van der Waals surface area contributed by atoms with Crippen molar-refractivity contribution in [2.45, 2.75) is 38.8 Å². The molecule has 3 rings (SSSR count). The monoisotopic (exact) mass is 360 g/mol. The molecule has 0 bridgehead atoms. The van der Waals surface area contributed by atoms with E-state index in [1.807, 2.05) is 24.3 Å². The van der Waals surface area contributed by atoms with Crippen LogP contribution in [-0.2, 0) is 16.1 Å². The molecule has 2 aliphatic rings. The van der Waals surface area contributed by atoms with Crippen LogP contribution in [0.2, 0.25) is 0 Å². The average Bonchev–Trinajstić information content (AvgIpc) is 2.80. The lowest BCUT2D eigenvalue weighted by Gasteiger charge is -2.23. The zero-order valence-electron chi connectivity index (χ0n) is 14.0. The second kappa shape index (κ2) is 7.74. The fourth-order valence-corrected chi connectivity index (χ4v) is 3.50. The van der Waals surface area contributed by atoms with Gasteiger partial charge >= 0.3 is 0 Å². The molecule has 1 atom stereocenters. The summed E-state index contributed by atoms with van der Waals surface area (Å²) < 4.78 is 6.09. The highest BCUT2D eigenvalue weighted by molar-refractivity contribution is 8.18. The van der Waals surface area contributed by atoms with Gasteiger partial charge < -0.3 is 9.64 Å². The highest BCUT2D eigenvalue weighted by atomic mass is 32.2. The molecule has 6 nitrogen and oxygen atoms in total. The molecule has 0 saturated carbocycles. The highest BCUT2D eigenvalue weighted by Crippen LogP contribution is 2.28. The van der Waals surface area contributed by atoms with E-state index >= 15 is 0 Å². The Morgan fingerprint density at radius 1 is 1.40 bits per heavy atom. The molecule has 132 valence electrons. The Balaban J connectivity index is 1.81. The summed E-state index contributed by atoms with van der Waals surface area (Å²) in [5.41, 5.74) is 0.938. The maximum atomic E-state index is 12.7. The SMILES string of the molecule is CCCC[C@@H]1CN(C(=O)/C=C2\SC(=O)NC2=O)Cc2ccccc2O1. The zero-order chi connectivity index (χ0) is 17.8. The minimum Gasteiger partial charge on any atom is -0.488 e. The van der Waals surface area contributed by atoms with Crippen molar-refractivity contribution in [1.82, 2.24) is 10.2 Å². The van der Waals surface area contributed by atoms with Crippen LogP contribution in [0.3, 0.4) is 0 Å². The van der Waals surface area contributed by atoms with E-state index in [0.717, 1.165) is 42.3 Å². The van der Waals surface area contributed by atoms with Gasteiger partial charge in [-0.05, 0) is 30.7 Å². The normalized spacial score (nSPS) is 21.6. The third-order valence-corrected chi connectivity index (χ3v) is 4.95. The fourth-order valence-electron chi connectivity index (χ4n) is 2.86. The first-order valence-corrected chi connectivity index (χ1v) is 9.16. The second-order valence-corrected chi connectivity index (χ2v) is 7.08. The smallest absolute Gasteiger partial charge is 0.290 e. The topological polar surface area (TPSA) is 75.7 Å². The second-order valence-electron chi connectivity index (χ2n) is 6.06. The third-order valence-electron chi connectivity index (χ3n) is 4.14. The van der Waals surface area contributed by atoms with Crippen LogP contribution in [0.25, 0.3) is 0 Å². The lowest BCUT2D eigenvalue weighted by Crippen LogP contribution is -2.36. The number of nitrogens with one attached hydrogen (secondary N) is 1. The van der Waals surface area contributed by atoms with Gasteiger partial charge in [-0.25, -0.2) is 0 Å². The summed E-state index contributed by atoms with van der Waals surface area (Å²) in [4.78, 5) is 37.4. The Hall–Kier alpha value is -2.28. The number of hydrogen-bond acceptors (Lipinski definition) is 5. The molecule has 0 aromatic heterocycles. The molecule has 1 aromatic rings. The molecule has 7 heteroatoms. The van der Waals surface area contributed by atoms with Gasteiger partial charge in [0.1, 0.15) is 11.9 Å². The number of unbranched alkanes of at least 4 members (excludes halogenated alkanes) is 1. The van der Waals surface area contributed by atoms with E-state index in [4.69, 9.17) is 4.74 Å². The molecular weight excluding hydrogens is 340 g/mol. The predicted octanol–water partition coefficient (Wildman–Crippen LogP) is 2.83. The standard InChI is InChI=1S/C18H20N2O4S/c1-2-3-7-13-11-20(10-12-6-4-5-8-14(12)24-13)16(21)9-15-17(22)19-18(23)25-15/h4-6,8-9,13H,2-3,7,10-11H2,1H3,(H,19,22,23)/b15-9-/t13-/m1/s1. The molecule has 0 radical (unpaired) electrons. The molecule has 1 fully saturated rings.